The molecule has 0 atom stereocenters. The fourth-order valence-electron chi connectivity index (χ4n) is 1.44. The topological polar surface area (TPSA) is 89.3 Å². The molecular formula is C10H13FN2O3S. The molecule has 0 aliphatic heterocycles. The zero-order chi connectivity index (χ0) is 13.2. The summed E-state index contributed by atoms with van der Waals surface area (Å²) in [6.07, 6.45) is 0. The third-order valence-corrected chi connectivity index (χ3v) is 3.25. The molecule has 1 aromatic carbocycles. The lowest BCUT2D eigenvalue weighted by Crippen LogP contribution is -2.25. The zero-order valence-corrected chi connectivity index (χ0v) is 10.3. The summed E-state index contributed by atoms with van der Waals surface area (Å²) in [6, 6.07) is 1.78. The predicted octanol–water partition coefficient (Wildman–Crippen LogP) is 0.531. The van der Waals surface area contributed by atoms with E-state index in [2.05, 4.69) is 5.32 Å². The molecule has 0 spiro atoms. The van der Waals surface area contributed by atoms with Crippen LogP contribution in [0.15, 0.2) is 17.0 Å². The minimum Gasteiger partial charge on any atom is -0.352 e. The summed E-state index contributed by atoms with van der Waals surface area (Å²) in [6.45, 7) is 3.47. The standard InChI is InChI=1S/C10H13FN2O3S/c1-3-13-10(14)8-4-7(11)5-9(6(8)2)17(12,15)16/h4-5H,3H2,1-2H3,(H,13,14)(H2,12,15,16). The number of nitrogens with two attached hydrogens (primary N) is 1. The molecule has 0 radical (unpaired) electrons. The smallest absolute Gasteiger partial charge is 0.251 e. The number of hydrogen-bond donors (Lipinski definition) is 2. The van der Waals surface area contributed by atoms with E-state index in [1.54, 1.807) is 6.92 Å². The molecular weight excluding hydrogens is 247 g/mol. The van der Waals surface area contributed by atoms with Gasteiger partial charge in [0.2, 0.25) is 10.0 Å². The van der Waals surface area contributed by atoms with Crippen LogP contribution in [0.3, 0.4) is 0 Å². The fraction of sp³-hybridized carbons (Fsp3) is 0.300. The molecule has 7 heteroatoms. The van der Waals surface area contributed by atoms with Gasteiger partial charge in [-0.05, 0) is 31.5 Å². The number of sulfonamides is 1. The van der Waals surface area contributed by atoms with Crippen molar-refractivity contribution in [1.82, 2.24) is 5.32 Å². The quantitative estimate of drug-likeness (QED) is 0.830. The number of benzene rings is 1. The Hall–Kier alpha value is -1.47. The van der Waals surface area contributed by atoms with E-state index in [1.807, 2.05) is 0 Å². The van der Waals surface area contributed by atoms with Crippen LogP contribution >= 0.6 is 0 Å². The van der Waals surface area contributed by atoms with Crippen LogP contribution in [-0.4, -0.2) is 20.9 Å². The summed E-state index contributed by atoms with van der Waals surface area (Å²) in [5.74, 6) is -1.35. The number of hydrogen-bond acceptors (Lipinski definition) is 3. The van der Waals surface area contributed by atoms with Gasteiger partial charge in [-0.15, -0.1) is 0 Å². The molecule has 0 heterocycles. The van der Waals surface area contributed by atoms with Gasteiger partial charge in [0.05, 0.1) is 4.90 Å². The Bertz CT molecular complexity index is 555. The molecule has 0 saturated heterocycles. The van der Waals surface area contributed by atoms with Crippen molar-refractivity contribution in [3.05, 3.63) is 29.1 Å². The zero-order valence-electron chi connectivity index (χ0n) is 9.45. The molecule has 1 rings (SSSR count). The summed E-state index contributed by atoms with van der Waals surface area (Å²) >= 11 is 0. The van der Waals surface area contributed by atoms with E-state index in [4.69, 9.17) is 5.14 Å². The lowest BCUT2D eigenvalue weighted by molar-refractivity contribution is 0.0954. The number of amides is 1. The summed E-state index contributed by atoms with van der Waals surface area (Å²) in [7, 11) is -4.05. The van der Waals surface area contributed by atoms with Crippen LogP contribution in [0.1, 0.15) is 22.8 Å². The normalized spacial score (nSPS) is 11.3. The minimum absolute atomic E-state index is 0.0316. The van der Waals surface area contributed by atoms with Gasteiger partial charge in [-0.2, -0.15) is 0 Å². The fourth-order valence-corrected chi connectivity index (χ4v) is 2.25. The molecule has 3 N–H and O–H groups in total. The molecule has 0 fully saturated rings. The van der Waals surface area contributed by atoms with Crippen LogP contribution in [-0.2, 0) is 10.0 Å². The molecule has 0 aliphatic carbocycles. The van der Waals surface area contributed by atoms with E-state index in [-0.39, 0.29) is 16.0 Å². The van der Waals surface area contributed by atoms with E-state index in [0.717, 1.165) is 12.1 Å². The van der Waals surface area contributed by atoms with Crippen LogP contribution in [0, 0.1) is 12.7 Å². The van der Waals surface area contributed by atoms with Crippen LogP contribution in [0.2, 0.25) is 0 Å². The summed E-state index contributed by atoms with van der Waals surface area (Å²) in [5, 5.41) is 7.41. The molecule has 0 aromatic heterocycles. The highest BCUT2D eigenvalue weighted by molar-refractivity contribution is 7.89. The van der Waals surface area contributed by atoms with E-state index >= 15 is 0 Å². The minimum atomic E-state index is -4.05. The highest BCUT2D eigenvalue weighted by Gasteiger charge is 2.19. The number of rotatable bonds is 3. The second-order valence-electron chi connectivity index (χ2n) is 3.48. The van der Waals surface area contributed by atoms with Crippen molar-refractivity contribution < 1.29 is 17.6 Å². The molecule has 1 aromatic rings. The highest BCUT2D eigenvalue weighted by Crippen LogP contribution is 2.19. The van der Waals surface area contributed by atoms with Gasteiger partial charge in [-0.1, -0.05) is 0 Å². The first-order valence-electron chi connectivity index (χ1n) is 4.88. The van der Waals surface area contributed by atoms with Gasteiger partial charge in [0.25, 0.3) is 5.91 Å². The average molecular weight is 260 g/mol. The Morgan fingerprint density at radius 3 is 2.53 bits per heavy atom. The van der Waals surface area contributed by atoms with E-state index in [9.17, 15) is 17.6 Å². The van der Waals surface area contributed by atoms with Crippen molar-refractivity contribution in [2.45, 2.75) is 18.7 Å². The summed E-state index contributed by atoms with van der Waals surface area (Å²) in [4.78, 5) is 11.2. The van der Waals surface area contributed by atoms with Gasteiger partial charge >= 0.3 is 0 Å². The average Bonchev–Trinajstić information content (AvgIpc) is 2.19. The van der Waals surface area contributed by atoms with Gasteiger partial charge < -0.3 is 5.32 Å². The van der Waals surface area contributed by atoms with E-state index < -0.39 is 21.7 Å². The van der Waals surface area contributed by atoms with Crippen molar-refractivity contribution in [3.8, 4) is 0 Å². The first-order valence-corrected chi connectivity index (χ1v) is 6.43. The number of nitrogens with one attached hydrogen (secondary N) is 1. The van der Waals surface area contributed by atoms with E-state index in [0.29, 0.717) is 6.54 Å². The van der Waals surface area contributed by atoms with Crippen molar-refractivity contribution in [2.24, 2.45) is 5.14 Å². The molecule has 0 bridgehead atoms. The molecule has 0 unspecified atom stereocenters. The van der Waals surface area contributed by atoms with Crippen LogP contribution in [0.5, 0.6) is 0 Å². The van der Waals surface area contributed by atoms with Crippen molar-refractivity contribution in [2.75, 3.05) is 6.54 Å². The first kappa shape index (κ1) is 13.6. The Balaban J connectivity index is 3.44. The molecule has 0 saturated carbocycles. The lowest BCUT2D eigenvalue weighted by Gasteiger charge is -2.10. The van der Waals surface area contributed by atoms with E-state index in [1.165, 1.54) is 6.92 Å². The summed E-state index contributed by atoms with van der Waals surface area (Å²) < 4.78 is 35.7. The first-order chi connectivity index (χ1) is 7.77. The molecule has 0 aliphatic rings. The number of halogens is 1. The van der Waals surface area contributed by atoms with Crippen molar-refractivity contribution in [3.63, 3.8) is 0 Å². The monoisotopic (exact) mass is 260 g/mol. The largest absolute Gasteiger partial charge is 0.352 e. The lowest BCUT2D eigenvalue weighted by atomic mass is 10.1. The van der Waals surface area contributed by atoms with Gasteiger partial charge in [0, 0.05) is 12.1 Å². The number of primary sulfonamides is 1. The second-order valence-corrected chi connectivity index (χ2v) is 5.01. The van der Waals surface area contributed by atoms with Crippen molar-refractivity contribution in [1.29, 1.82) is 0 Å². The Labute approximate surface area is 98.9 Å². The van der Waals surface area contributed by atoms with Crippen LogP contribution in [0.4, 0.5) is 4.39 Å². The van der Waals surface area contributed by atoms with Crippen LogP contribution < -0.4 is 10.5 Å². The van der Waals surface area contributed by atoms with Gasteiger partial charge in [0.1, 0.15) is 5.82 Å². The van der Waals surface area contributed by atoms with Gasteiger partial charge in [0.15, 0.2) is 0 Å². The van der Waals surface area contributed by atoms with Gasteiger partial charge in [-0.3, -0.25) is 4.79 Å². The van der Waals surface area contributed by atoms with Gasteiger partial charge in [-0.25, -0.2) is 17.9 Å². The SMILES string of the molecule is CCNC(=O)c1cc(F)cc(S(N)(=O)=O)c1C. The molecule has 17 heavy (non-hydrogen) atoms. The maximum Gasteiger partial charge on any atom is 0.251 e. The Morgan fingerprint density at radius 2 is 2.06 bits per heavy atom. The Morgan fingerprint density at radius 1 is 1.47 bits per heavy atom. The van der Waals surface area contributed by atoms with Crippen molar-refractivity contribution >= 4 is 15.9 Å². The highest BCUT2D eigenvalue weighted by atomic mass is 32.2. The molecule has 94 valence electrons. The second kappa shape index (κ2) is 4.80. The summed E-state index contributed by atoms with van der Waals surface area (Å²) in [5.41, 5.74) is 0.107. The van der Waals surface area contributed by atoms with Crippen LogP contribution in [0.25, 0.3) is 0 Å². The molecule has 1 amide bonds. The molecule has 5 nitrogen and oxygen atoms in total. The number of carbonyl (C=O) groups is 1. The Kier molecular flexibility index (Phi) is 3.84. The third-order valence-electron chi connectivity index (χ3n) is 2.21. The predicted molar refractivity (Wildman–Crippen MR) is 60.5 cm³/mol. The number of carbonyl (C=O) groups excluding carboxylic acids is 1. The maximum atomic E-state index is 13.2. The third kappa shape index (κ3) is 3.01. The maximum absolute atomic E-state index is 13.2.